The first kappa shape index (κ1) is 12.2. The van der Waals surface area contributed by atoms with Crippen LogP contribution in [0, 0.1) is 18.3 Å². The van der Waals surface area contributed by atoms with Gasteiger partial charge in [-0.2, -0.15) is 0 Å². The highest BCUT2D eigenvalue weighted by molar-refractivity contribution is 7.15. The standard InChI is InChI=1S/C14H21N3S/c1-10(2)14(4-5-14)9-15-8-12-11(3)16-13-17(12)6-7-18-13/h6-7,10,15H,4-5,8-9H2,1-3H3. The van der Waals surface area contributed by atoms with Crippen molar-refractivity contribution in [1.82, 2.24) is 14.7 Å². The molecule has 18 heavy (non-hydrogen) atoms. The maximum absolute atomic E-state index is 4.58. The Morgan fingerprint density at radius 3 is 2.94 bits per heavy atom. The van der Waals surface area contributed by atoms with Crippen LogP contribution < -0.4 is 5.32 Å². The normalized spacial score (nSPS) is 17.8. The van der Waals surface area contributed by atoms with Crippen molar-refractivity contribution in [2.75, 3.05) is 6.54 Å². The number of hydrogen-bond donors (Lipinski definition) is 1. The summed E-state index contributed by atoms with van der Waals surface area (Å²) in [6.45, 7) is 8.86. The molecule has 1 saturated carbocycles. The second kappa shape index (κ2) is 4.35. The van der Waals surface area contributed by atoms with E-state index >= 15 is 0 Å². The van der Waals surface area contributed by atoms with Crippen molar-refractivity contribution >= 4 is 16.3 Å². The molecule has 0 bridgehead atoms. The Kier molecular flexibility index (Phi) is 2.94. The van der Waals surface area contributed by atoms with E-state index < -0.39 is 0 Å². The Morgan fingerprint density at radius 2 is 2.28 bits per heavy atom. The molecule has 2 aromatic heterocycles. The van der Waals surface area contributed by atoms with Gasteiger partial charge in [-0.1, -0.05) is 13.8 Å². The van der Waals surface area contributed by atoms with Crippen LogP contribution >= 0.6 is 11.3 Å². The number of thiazole rings is 1. The molecule has 3 rings (SSSR count). The van der Waals surface area contributed by atoms with Crippen molar-refractivity contribution in [3.05, 3.63) is 23.0 Å². The van der Waals surface area contributed by atoms with Gasteiger partial charge in [0.15, 0.2) is 4.96 Å². The van der Waals surface area contributed by atoms with Crippen molar-refractivity contribution in [3.63, 3.8) is 0 Å². The molecule has 1 fully saturated rings. The minimum absolute atomic E-state index is 0.576. The Balaban J connectivity index is 1.66. The van der Waals surface area contributed by atoms with E-state index in [1.807, 2.05) is 0 Å². The third-order valence-electron chi connectivity index (χ3n) is 4.45. The largest absolute Gasteiger partial charge is 0.311 e. The van der Waals surface area contributed by atoms with Crippen molar-refractivity contribution in [2.45, 2.75) is 40.2 Å². The van der Waals surface area contributed by atoms with E-state index in [0.29, 0.717) is 5.41 Å². The van der Waals surface area contributed by atoms with Crippen LogP contribution in [0.3, 0.4) is 0 Å². The molecule has 1 aliphatic rings. The summed E-state index contributed by atoms with van der Waals surface area (Å²) in [5.74, 6) is 0.790. The summed E-state index contributed by atoms with van der Waals surface area (Å²) >= 11 is 1.70. The van der Waals surface area contributed by atoms with Crippen LogP contribution in [0.15, 0.2) is 11.6 Å². The van der Waals surface area contributed by atoms with Crippen molar-refractivity contribution in [2.24, 2.45) is 11.3 Å². The minimum Gasteiger partial charge on any atom is -0.311 e. The zero-order valence-electron chi connectivity index (χ0n) is 11.4. The Bertz CT molecular complexity index is 548. The Hall–Kier alpha value is -0.870. The monoisotopic (exact) mass is 263 g/mol. The van der Waals surface area contributed by atoms with Crippen LogP contribution in [0.2, 0.25) is 0 Å². The number of rotatable bonds is 5. The second-order valence-electron chi connectivity index (χ2n) is 5.82. The molecule has 0 unspecified atom stereocenters. The van der Waals surface area contributed by atoms with Gasteiger partial charge >= 0.3 is 0 Å². The van der Waals surface area contributed by atoms with E-state index in [-0.39, 0.29) is 0 Å². The van der Waals surface area contributed by atoms with Gasteiger partial charge in [0.1, 0.15) is 0 Å². The lowest BCUT2D eigenvalue weighted by Gasteiger charge is -2.20. The summed E-state index contributed by atoms with van der Waals surface area (Å²) in [7, 11) is 0. The maximum atomic E-state index is 4.58. The predicted molar refractivity (Wildman–Crippen MR) is 76.0 cm³/mol. The molecule has 0 saturated heterocycles. The Labute approximate surface area is 112 Å². The van der Waals surface area contributed by atoms with Gasteiger partial charge in [0.05, 0.1) is 11.4 Å². The van der Waals surface area contributed by atoms with E-state index in [0.717, 1.165) is 29.7 Å². The molecule has 0 aromatic carbocycles. The molecular formula is C14H21N3S. The fourth-order valence-electron chi connectivity index (χ4n) is 2.70. The first-order valence-corrected chi connectivity index (χ1v) is 7.62. The zero-order chi connectivity index (χ0) is 12.8. The first-order valence-electron chi connectivity index (χ1n) is 6.74. The molecule has 0 amide bonds. The maximum Gasteiger partial charge on any atom is 0.194 e. The average molecular weight is 263 g/mol. The van der Waals surface area contributed by atoms with Crippen LogP contribution in [0.5, 0.6) is 0 Å². The molecule has 0 atom stereocenters. The molecule has 2 aromatic rings. The van der Waals surface area contributed by atoms with Gasteiger partial charge in [0.25, 0.3) is 0 Å². The number of aromatic nitrogens is 2. The zero-order valence-corrected chi connectivity index (χ0v) is 12.2. The van der Waals surface area contributed by atoms with Crippen LogP contribution in [0.25, 0.3) is 4.96 Å². The molecule has 3 nitrogen and oxygen atoms in total. The van der Waals surface area contributed by atoms with Crippen LogP contribution in [0.4, 0.5) is 0 Å². The molecule has 0 radical (unpaired) electrons. The highest BCUT2D eigenvalue weighted by Gasteiger charge is 2.44. The highest BCUT2D eigenvalue weighted by Crippen LogP contribution is 2.51. The van der Waals surface area contributed by atoms with Crippen LogP contribution in [-0.2, 0) is 6.54 Å². The number of imidazole rings is 1. The van der Waals surface area contributed by atoms with Gasteiger partial charge in [-0.25, -0.2) is 4.98 Å². The van der Waals surface area contributed by atoms with E-state index in [2.05, 4.69) is 47.0 Å². The van der Waals surface area contributed by atoms with Crippen LogP contribution in [-0.4, -0.2) is 15.9 Å². The molecule has 0 aliphatic heterocycles. The van der Waals surface area contributed by atoms with Crippen molar-refractivity contribution in [3.8, 4) is 0 Å². The van der Waals surface area contributed by atoms with E-state index in [1.165, 1.54) is 18.5 Å². The molecule has 0 spiro atoms. The first-order chi connectivity index (χ1) is 8.62. The number of nitrogens with zero attached hydrogens (tertiary/aromatic N) is 2. The van der Waals surface area contributed by atoms with Gasteiger partial charge in [-0.15, -0.1) is 11.3 Å². The average Bonchev–Trinajstić information content (AvgIpc) is 2.89. The van der Waals surface area contributed by atoms with Gasteiger partial charge < -0.3 is 5.32 Å². The van der Waals surface area contributed by atoms with Gasteiger partial charge in [-0.3, -0.25) is 4.40 Å². The SMILES string of the molecule is Cc1nc2sccn2c1CNCC1(C(C)C)CC1. The molecule has 4 heteroatoms. The van der Waals surface area contributed by atoms with E-state index in [9.17, 15) is 0 Å². The number of fused-ring (bicyclic) bond motifs is 1. The molecule has 1 aliphatic carbocycles. The molecule has 98 valence electrons. The van der Waals surface area contributed by atoms with E-state index in [1.54, 1.807) is 11.3 Å². The number of nitrogens with one attached hydrogen (secondary N) is 1. The quantitative estimate of drug-likeness (QED) is 0.897. The minimum atomic E-state index is 0.576. The van der Waals surface area contributed by atoms with Crippen molar-refractivity contribution < 1.29 is 0 Å². The topological polar surface area (TPSA) is 29.3 Å². The highest BCUT2D eigenvalue weighted by atomic mass is 32.1. The summed E-state index contributed by atoms with van der Waals surface area (Å²) in [6.07, 6.45) is 4.89. The van der Waals surface area contributed by atoms with Gasteiger partial charge in [0.2, 0.25) is 0 Å². The van der Waals surface area contributed by atoms with Crippen molar-refractivity contribution in [1.29, 1.82) is 0 Å². The summed E-state index contributed by atoms with van der Waals surface area (Å²) < 4.78 is 2.21. The molecule has 2 heterocycles. The summed E-state index contributed by atoms with van der Waals surface area (Å²) in [5.41, 5.74) is 3.04. The Morgan fingerprint density at radius 1 is 1.50 bits per heavy atom. The molecular weight excluding hydrogens is 242 g/mol. The smallest absolute Gasteiger partial charge is 0.194 e. The summed E-state index contributed by atoms with van der Waals surface area (Å²) in [5, 5.41) is 5.74. The third kappa shape index (κ3) is 1.97. The predicted octanol–water partition coefficient (Wildman–Crippen LogP) is 3.23. The second-order valence-corrected chi connectivity index (χ2v) is 6.69. The van der Waals surface area contributed by atoms with Gasteiger partial charge in [-0.05, 0) is 31.1 Å². The van der Waals surface area contributed by atoms with Crippen LogP contribution in [0.1, 0.15) is 38.1 Å². The van der Waals surface area contributed by atoms with E-state index in [4.69, 9.17) is 0 Å². The lowest BCUT2D eigenvalue weighted by atomic mass is 9.92. The van der Waals surface area contributed by atoms with Gasteiger partial charge in [0, 0.05) is 24.7 Å². The summed E-state index contributed by atoms with van der Waals surface area (Å²) in [6, 6.07) is 0. The number of aryl methyl sites for hydroxylation is 1. The molecule has 1 N–H and O–H groups in total. The lowest BCUT2D eigenvalue weighted by Crippen LogP contribution is -2.27. The number of hydrogen-bond acceptors (Lipinski definition) is 3. The summed E-state index contributed by atoms with van der Waals surface area (Å²) in [4.78, 5) is 5.69. The fraction of sp³-hybridized carbons (Fsp3) is 0.643. The lowest BCUT2D eigenvalue weighted by molar-refractivity contribution is 0.337. The fourth-order valence-corrected chi connectivity index (χ4v) is 3.48. The third-order valence-corrected chi connectivity index (χ3v) is 5.20.